The first-order chi connectivity index (χ1) is 16.9. The molecule has 180 valence electrons. The van der Waals surface area contributed by atoms with Crippen LogP contribution in [0.3, 0.4) is 0 Å². The van der Waals surface area contributed by atoms with Crippen molar-refractivity contribution in [2.45, 2.75) is 26.2 Å². The summed E-state index contributed by atoms with van der Waals surface area (Å²) in [5, 5.41) is 11.8. The van der Waals surface area contributed by atoms with E-state index in [2.05, 4.69) is 17.4 Å². The van der Waals surface area contributed by atoms with Gasteiger partial charge in [-0.2, -0.15) is 0 Å². The summed E-state index contributed by atoms with van der Waals surface area (Å²) in [6.07, 6.45) is 0.0164. The van der Waals surface area contributed by atoms with Crippen LogP contribution in [0.2, 0.25) is 0 Å². The number of aryl methyl sites for hydroxylation is 1. The maximum absolute atomic E-state index is 13.1. The van der Waals surface area contributed by atoms with Crippen LogP contribution >= 0.6 is 0 Å². The lowest BCUT2D eigenvalue weighted by Gasteiger charge is -2.21. The molecule has 1 aliphatic rings. The number of fused-ring (bicyclic) bond motifs is 3. The van der Waals surface area contributed by atoms with Crippen LogP contribution in [0.25, 0.3) is 11.1 Å². The van der Waals surface area contributed by atoms with Crippen LogP contribution in [0.5, 0.6) is 0 Å². The molecule has 0 unspecified atom stereocenters. The second kappa shape index (κ2) is 10.4. The van der Waals surface area contributed by atoms with E-state index in [-0.39, 0.29) is 30.3 Å². The van der Waals surface area contributed by atoms with Gasteiger partial charge in [-0.05, 0) is 53.3 Å². The minimum absolute atomic E-state index is 0.0807. The lowest BCUT2D eigenvalue weighted by Crippen LogP contribution is -2.36. The van der Waals surface area contributed by atoms with Crippen molar-refractivity contribution in [1.82, 2.24) is 4.90 Å². The lowest BCUT2D eigenvalue weighted by atomic mass is 9.98. The zero-order valence-corrected chi connectivity index (χ0v) is 19.8. The Morgan fingerprint density at radius 1 is 0.943 bits per heavy atom. The number of carboxylic acid groups (broad SMARTS) is 1. The van der Waals surface area contributed by atoms with Crippen molar-refractivity contribution in [3.63, 3.8) is 0 Å². The number of aliphatic carboxylic acids is 1. The van der Waals surface area contributed by atoms with E-state index in [1.165, 1.54) is 4.90 Å². The third-order valence-electron chi connectivity index (χ3n) is 6.30. The van der Waals surface area contributed by atoms with E-state index in [9.17, 15) is 14.4 Å². The van der Waals surface area contributed by atoms with Crippen LogP contribution in [0.15, 0.2) is 66.7 Å². The fraction of sp³-hybridized carbons (Fsp3) is 0.250. The molecule has 0 atom stereocenters. The van der Waals surface area contributed by atoms with E-state index in [0.29, 0.717) is 6.42 Å². The average Bonchev–Trinajstić information content (AvgIpc) is 3.19. The molecule has 0 radical (unpaired) electrons. The first-order valence-electron chi connectivity index (χ1n) is 11.7. The second-order valence-electron chi connectivity index (χ2n) is 8.40. The SMILES string of the molecule is CCc1ccc(NC(=O)OCC2c3ccccc3-c3ccccc32)c(C(=O)N(CC)CC(=O)O)c1. The van der Waals surface area contributed by atoms with Gasteiger partial charge in [0.1, 0.15) is 13.2 Å². The Kier molecular flexibility index (Phi) is 7.15. The number of anilines is 1. The van der Waals surface area contributed by atoms with Gasteiger partial charge in [0.15, 0.2) is 0 Å². The summed E-state index contributed by atoms with van der Waals surface area (Å²) >= 11 is 0. The van der Waals surface area contributed by atoms with E-state index in [4.69, 9.17) is 9.84 Å². The van der Waals surface area contributed by atoms with Crippen LogP contribution < -0.4 is 5.32 Å². The van der Waals surface area contributed by atoms with Crippen molar-refractivity contribution in [2.75, 3.05) is 25.0 Å². The topological polar surface area (TPSA) is 95.9 Å². The number of rotatable bonds is 8. The first kappa shape index (κ1) is 24.0. The van der Waals surface area contributed by atoms with Gasteiger partial charge in [-0.1, -0.05) is 61.5 Å². The highest BCUT2D eigenvalue weighted by molar-refractivity contribution is 6.03. The first-order valence-corrected chi connectivity index (χ1v) is 11.7. The molecule has 0 spiro atoms. The Hall–Kier alpha value is -4.13. The van der Waals surface area contributed by atoms with Crippen molar-refractivity contribution in [1.29, 1.82) is 0 Å². The van der Waals surface area contributed by atoms with Gasteiger partial charge in [0.25, 0.3) is 5.91 Å². The van der Waals surface area contributed by atoms with Gasteiger partial charge in [0.05, 0.1) is 11.3 Å². The van der Waals surface area contributed by atoms with Gasteiger partial charge in [-0.15, -0.1) is 0 Å². The van der Waals surface area contributed by atoms with Crippen molar-refractivity contribution >= 4 is 23.7 Å². The molecular weight excluding hydrogens is 444 g/mol. The largest absolute Gasteiger partial charge is 0.480 e. The highest BCUT2D eigenvalue weighted by Crippen LogP contribution is 2.44. The number of carboxylic acids is 1. The molecule has 3 aromatic rings. The molecule has 0 aromatic heterocycles. The van der Waals surface area contributed by atoms with Gasteiger partial charge >= 0.3 is 12.1 Å². The van der Waals surface area contributed by atoms with Crippen LogP contribution in [-0.2, 0) is 16.0 Å². The Morgan fingerprint density at radius 2 is 1.57 bits per heavy atom. The van der Waals surface area contributed by atoms with Crippen molar-refractivity contribution in [3.8, 4) is 11.1 Å². The monoisotopic (exact) mass is 472 g/mol. The molecule has 0 bridgehead atoms. The molecule has 2 N–H and O–H groups in total. The standard InChI is InChI=1S/C28H28N2O5/c1-3-18-13-14-25(23(15-18)27(33)30(4-2)16-26(31)32)29-28(34)35-17-24-21-11-7-5-9-19(21)20-10-6-8-12-22(20)24/h5-15,24H,3-4,16-17H2,1-2H3,(H,29,34)(H,31,32). The van der Waals surface area contributed by atoms with Gasteiger partial charge in [0, 0.05) is 12.5 Å². The number of nitrogens with one attached hydrogen (secondary N) is 1. The predicted molar refractivity (Wildman–Crippen MR) is 134 cm³/mol. The van der Waals surface area contributed by atoms with Crippen molar-refractivity contribution in [2.24, 2.45) is 0 Å². The third kappa shape index (κ3) is 5.04. The minimum atomic E-state index is -1.10. The molecule has 0 heterocycles. The third-order valence-corrected chi connectivity index (χ3v) is 6.30. The van der Waals surface area contributed by atoms with Crippen LogP contribution in [-0.4, -0.2) is 47.7 Å². The summed E-state index contributed by atoms with van der Waals surface area (Å²) in [6.45, 7) is 3.62. The summed E-state index contributed by atoms with van der Waals surface area (Å²) in [7, 11) is 0. The summed E-state index contributed by atoms with van der Waals surface area (Å²) < 4.78 is 5.62. The molecule has 1 aliphatic carbocycles. The van der Waals surface area contributed by atoms with Gasteiger partial charge in [-0.25, -0.2) is 4.79 Å². The fourth-order valence-corrected chi connectivity index (χ4v) is 4.50. The molecule has 0 aliphatic heterocycles. The average molecular weight is 473 g/mol. The minimum Gasteiger partial charge on any atom is -0.480 e. The van der Waals surface area contributed by atoms with E-state index in [1.807, 2.05) is 49.4 Å². The Morgan fingerprint density at radius 3 is 2.14 bits per heavy atom. The van der Waals surface area contributed by atoms with Crippen LogP contribution in [0.1, 0.15) is 46.8 Å². The Labute approximate surface area is 204 Å². The molecule has 0 saturated heterocycles. The van der Waals surface area contributed by atoms with E-state index < -0.39 is 24.5 Å². The fourth-order valence-electron chi connectivity index (χ4n) is 4.50. The van der Waals surface area contributed by atoms with Gasteiger partial charge < -0.3 is 14.7 Å². The second-order valence-corrected chi connectivity index (χ2v) is 8.40. The highest BCUT2D eigenvalue weighted by atomic mass is 16.5. The maximum Gasteiger partial charge on any atom is 0.411 e. The van der Waals surface area contributed by atoms with Crippen molar-refractivity contribution in [3.05, 3.63) is 89.0 Å². The van der Waals surface area contributed by atoms with Gasteiger partial charge in [-0.3, -0.25) is 14.9 Å². The predicted octanol–water partition coefficient (Wildman–Crippen LogP) is 5.16. The number of likely N-dealkylation sites (N-methyl/N-ethyl adjacent to an activating group) is 1. The normalized spacial score (nSPS) is 11.9. The Balaban J connectivity index is 1.52. The zero-order chi connectivity index (χ0) is 24.9. The van der Waals surface area contributed by atoms with Crippen molar-refractivity contribution < 1.29 is 24.2 Å². The molecule has 7 heteroatoms. The molecule has 3 aromatic carbocycles. The van der Waals surface area contributed by atoms with E-state index in [0.717, 1.165) is 27.8 Å². The number of amides is 2. The number of hydrogen-bond donors (Lipinski definition) is 2. The summed E-state index contributed by atoms with van der Waals surface area (Å²) in [5.74, 6) is -1.64. The number of nitrogens with zero attached hydrogens (tertiary/aromatic N) is 1. The summed E-state index contributed by atoms with van der Waals surface area (Å²) in [6, 6.07) is 21.3. The molecule has 7 nitrogen and oxygen atoms in total. The molecular formula is C28H28N2O5. The molecule has 2 amide bonds. The van der Waals surface area contributed by atoms with Crippen LogP contribution in [0, 0.1) is 0 Å². The number of carbonyl (C=O) groups excluding carboxylic acids is 2. The maximum atomic E-state index is 13.1. The molecule has 35 heavy (non-hydrogen) atoms. The smallest absolute Gasteiger partial charge is 0.411 e. The highest BCUT2D eigenvalue weighted by Gasteiger charge is 2.29. The molecule has 0 saturated carbocycles. The van der Waals surface area contributed by atoms with Crippen LogP contribution in [0.4, 0.5) is 10.5 Å². The lowest BCUT2D eigenvalue weighted by molar-refractivity contribution is -0.137. The molecule has 4 rings (SSSR count). The summed E-state index contributed by atoms with van der Waals surface area (Å²) in [4.78, 5) is 38.3. The van der Waals surface area contributed by atoms with Gasteiger partial charge in [0.2, 0.25) is 0 Å². The zero-order valence-electron chi connectivity index (χ0n) is 19.8. The molecule has 0 fully saturated rings. The quantitative estimate of drug-likeness (QED) is 0.472. The summed E-state index contributed by atoms with van der Waals surface area (Å²) in [5.41, 5.74) is 5.91. The number of benzene rings is 3. The number of ether oxygens (including phenoxy) is 1. The van der Waals surface area contributed by atoms with E-state index in [1.54, 1.807) is 19.1 Å². The van der Waals surface area contributed by atoms with E-state index >= 15 is 0 Å². The number of hydrogen-bond acceptors (Lipinski definition) is 4. The number of carbonyl (C=O) groups is 3. The Bertz CT molecular complexity index is 1220.